The summed E-state index contributed by atoms with van der Waals surface area (Å²) in [5.74, 6) is 0.431. The maximum Gasteiger partial charge on any atom is 0.264 e. The van der Waals surface area contributed by atoms with Crippen LogP contribution in [0, 0.1) is 11.3 Å². The highest BCUT2D eigenvalue weighted by Gasteiger charge is 2.17. The fraction of sp³-hybridized carbons (Fsp3) is 0.412. The molecule has 0 aromatic heterocycles. The number of hydrogen-bond donors (Lipinski definition) is 4. The number of amides is 1. The van der Waals surface area contributed by atoms with Gasteiger partial charge in [-0.25, -0.2) is 0 Å². The molecule has 0 aliphatic rings. The van der Waals surface area contributed by atoms with Crippen molar-refractivity contribution in [2.24, 2.45) is 0 Å². The minimum Gasteiger partial charge on any atom is -0.504 e. The van der Waals surface area contributed by atoms with Crippen LogP contribution in [0.15, 0.2) is 17.7 Å². The second kappa shape index (κ2) is 10.5. The summed E-state index contributed by atoms with van der Waals surface area (Å²) in [4.78, 5) is 14.1. The number of likely N-dealkylation sites (N-methyl/N-ethyl adjacent to an activating group) is 1. The quantitative estimate of drug-likeness (QED) is 0.175. The number of phenols is 2. The van der Waals surface area contributed by atoms with Gasteiger partial charge >= 0.3 is 0 Å². The first-order chi connectivity index (χ1) is 12.0. The number of carbonyl (C=O) groups excluding carboxylic acids is 1. The molecule has 7 nitrogen and oxygen atoms in total. The summed E-state index contributed by atoms with van der Waals surface area (Å²) in [7, 11) is 0. The van der Waals surface area contributed by atoms with Gasteiger partial charge in [-0.2, -0.15) is 17.0 Å². The molecule has 0 fully saturated rings. The van der Waals surface area contributed by atoms with Gasteiger partial charge in [-0.15, -0.1) is 0 Å². The van der Waals surface area contributed by atoms with Crippen molar-refractivity contribution in [1.82, 2.24) is 4.90 Å². The monoisotopic (exact) mass is 365 g/mol. The second-order valence-electron chi connectivity index (χ2n) is 5.22. The van der Waals surface area contributed by atoms with Gasteiger partial charge in [-0.3, -0.25) is 15.5 Å². The van der Waals surface area contributed by atoms with Crippen LogP contribution in [-0.2, 0) is 4.79 Å². The Balaban J connectivity index is 2.99. The molecule has 0 bridgehead atoms. The lowest BCUT2D eigenvalue weighted by molar-refractivity contribution is -0.126. The van der Waals surface area contributed by atoms with Crippen LogP contribution in [0.4, 0.5) is 5.69 Å². The van der Waals surface area contributed by atoms with E-state index >= 15 is 0 Å². The number of benzene rings is 1. The summed E-state index contributed by atoms with van der Waals surface area (Å²) < 4.78 is 0. The minimum absolute atomic E-state index is 0.0867. The maximum absolute atomic E-state index is 12.5. The topological polar surface area (TPSA) is 117 Å². The van der Waals surface area contributed by atoms with Crippen LogP contribution in [0.1, 0.15) is 25.8 Å². The van der Waals surface area contributed by atoms with E-state index in [0.717, 1.165) is 17.9 Å². The van der Waals surface area contributed by atoms with Crippen molar-refractivity contribution >= 4 is 29.4 Å². The zero-order valence-electron chi connectivity index (χ0n) is 14.3. The van der Waals surface area contributed by atoms with Gasteiger partial charge in [0, 0.05) is 18.8 Å². The Labute approximate surface area is 151 Å². The average molecular weight is 365 g/mol. The second-order valence-corrected chi connectivity index (χ2v) is 6.44. The number of carbonyl (C=O) groups is 1. The summed E-state index contributed by atoms with van der Waals surface area (Å²) in [5, 5.41) is 37.5. The van der Waals surface area contributed by atoms with Crippen LogP contribution in [0.5, 0.6) is 11.5 Å². The van der Waals surface area contributed by atoms with Crippen LogP contribution >= 0.6 is 11.8 Å². The van der Waals surface area contributed by atoms with E-state index in [1.165, 1.54) is 18.2 Å². The predicted octanol–water partition coefficient (Wildman–Crippen LogP) is 2.80. The Hall–Kier alpha value is -2.37. The van der Waals surface area contributed by atoms with Gasteiger partial charge in [0.25, 0.3) is 5.91 Å². The number of aromatic hydroxyl groups is 2. The van der Waals surface area contributed by atoms with E-state index in [1.807, 2.05) is 13.0 Å². The van der Waals surface area contributed by atoms with Gasteiger partial charge in [0.05, 0.1) is 0 Å². The third-order valence-electron chi connectivity index (χ3n) is 3.42. The Morgan fingerprint density at radius 2 is 2.08 bits per heavy atom. The van der Waals surface area contributed by atoms with E-state index in [9.17, 15) is 20.3 Å². The third-order valence-corrected chi connectivity index (χ3v) is 4.59. The molecule has 1 aromatic rings. The van der Waals surface area contributed by atoms with E-state index in [1.54, 1.807) is 22.1 Å². The number of anilines is 1. The Bertz CT molecular complexity index is 671. The molecule has 1 rings (SSSR count). The van der Waals surface area contributed by atoms with Gasteiger partial charge < -0.3 is 15.1 Å². The molecule has 0 saturated carbocycles. The van der Waals surface area contributed by atoms with Crippen molar-refractivity contribution < 1.29 is 20.2 Å². The zero-order chi connectivity index (χ0) is 18.8. The lowest BCUT2D eigenvalue weighted by Crippen LogP contribution is -2.33. The molecule has 0 unspecified atom stereocenters. The van der Waals surface area contributed by atoms with Crippen LogP contribution in [-0.4, -0.2) is 50.8 Å². The standard InChI is InChI=1S/C17H23N3O4S/c1-3-6-25-7-5-20(4-2)17(23)13(11-18)8-12-9-14(19-24)16(22)15(21)10-12/h8-10,19,21-22,24H,3-7H2,1-2H3/b13-8+. The first-order valence-electron chi connectivity index (χ1n) is 7.93. The average Bonchev–Trinajstić information content (AvgIpc) is 2.62. The Morgan fingerprint density at radius 1 is 1.36 bits per heavy atom. The summed E-state index contributed by atoms with van der Waals surface area (Å²) in [6.45, 7) is 4.96. The van der Waals surface area contributed by atoms with Crippen molar-refractivity contribution in [3.8, 4) is 17.6 Å². The summed E-state index contributed by atoms with van der Waals surface area (Å²) >= 11 is 1.75. The largest absolute Gasteiger partial charge is 0.504 e. The highest BCUT2D eigenvalue weighted by Crippen LogP contribution is 2.34. The van der Waals surface area contributed by atoms with E-state index in [2.05, 4.69) is 6.92 Å². The molecule has 0 aliphatic heterocycles. The number of nitrogens with zero attached hydrogens (tertiary/aromatic N) is 2. The van der Waals surface area contributed by atoms with Crippen molar-refractivity contribution in [2.75, 3.05) is 30.1 Å². The van der Waals surface area contributed by atoms with Crippen LogP contribution in [0.25, 0.3) is 6.08 Å². The van der Waals surface area contributed by atoms with E-state index in [4.69, 9.17) is 5.21 Å². The molecular weight excluding hydrogens is 342 g/mol. The van der Waals surface area contributed by atoms with Gasteiger partial charge in [0.15, 0.2) is 11.5 Å². The van der Waals surface area contributed by atoms with Crippen molar-refractivity contribution in [1.29, 1.82) is 5.26 Å². The summed E-state index contributed by atoms with van der Waals surface area (Å²) in [6, 6.07) is 4.39. The lowest BCUT2D eigenvalue weighted by Gasteiger charge is -2.20. The molecule has 0 atom stereocenters. The zero-order valence-corrected chi connectivity index (χ0v) is 15.1. The van der Waals surface area contributed by atoms with Crippen LogP contribution in [0.3, 0.4) is 0 Å². The molecule has 0 radical (unpaired) electrons. The fourth-order valence-electron chi connectivity index (χ4n) is 2.11. The number of hydrogen-bond acceptors (Lipinski definition) is 7. The number of rotatable bonds is 9. The molecular formula is C17H23N3O4S. The molecule has 1 aromatic carbocycles. The van der Waals surface area contributed by atoms with Gasteiger partial charge in [0.2, 0.25) is 0 Å². The van der Waals surface area contributed by atoms with Gasteiger partial charge in [-0.1, -0.05) is 6.92 Å². The van der Waals surface area contributed by atoms with Crippen LogP contribution in [0.2, 0.25) is 0 Å². The highest BCUT2D eigenvalue weighted by molar-refractivity contribution is 7.99. The molecule has 0 heterocycles. The van der Waals surface area contributed by atoms with Crippen molar-refractivity contribution in [3.63, 3.8) is 0 Å². The maximum atomic E-state index is 12.5. The summed E-state index contributed by atoms with van der Waals surface area (Å²) in [5.41, 5.74) is 1.84. The molecule has 136 valence electrons. The predicted molar refractivity (Wildman–Crippen MR) is 98.6 cm³/mol. The third kappa shape index (κ3) is 5.89. The van der Waals surface area contributed by atoms with Gasteiger partial charge in [0.1, 0.15) is 17.3 Å². The van der Waals surface area contributed by atoms with E-state index in [0.29, 0.717) is 18.7 Å². The normalized spacial score (nSPS) is 11.0. The molecule has 0 aliphatic carbocycles. The molecule has 0 spiro atoms. The van der Waals surface area contributed by atoms with Crippen molar-refractivity contribution in [2.45, 2.75) is 20.3 Å². The molecule has 0 saturated heterocycles. The molecule has 8 heteroatoms. The number of nitriles is 1. The van der Waals surface area contributed by atoms with E-state index < -0.39 is 17.4 Å². The first-order valence-corrected chi connectivity index (χ1v) is 9.08. The number of phenolic OH excluding ortho intramolecular Hbond substituents is 2. The SMILES string of the molecule is CCCSCCN(CC)C(=O)/C(C#N)=C/c1cc(O)c(O)c(NO)c1. The Morgan fingerprint density at radius 3 is 2.64 bits per heavy atom. The van der Waals surface area contributed by atoms with Crippen molar-refractivity contribution in [3.05, 3.63) is 23.3 Å². The van der Waals surface area contributed by atoms with E-state index in [-0.39, 0.29) is 11.3 Å². The van der Waals surface area contributed by atoms with Crippen LogP contribution < -0.4 is 5.48 Å². The minimum atomic E-state index is -0.521. The molecule has 4 N–H and O–H groups in total. The Kier molecular flexibility index (Phi) is 8.67. The summed E-state index contributed by atoms with van der Waals surface area (Å²) in [6.07, 6.45) is 2.38. The van der Waals surface area contributed by atoms with Gasteiger partial charge in [-0.05, 0) is 42.9 Å². The number of thioether (sulfide) groups is 1. The molecule has 1 amide bonds. The fourth-order valence-corrected chi connectivity index (χ4v) is 2.95. The lowest BCUT2D eigenvalue weighted by atomic mass is 10.1. The number of nitrogens with one attached hydrogen (secondary N) is 1. The first kappa shape index (κ1) is 20.7. The highest BCUT2D eigenvalue weighted by atomic mass is 32.2. The molecule has 25 heavy (non-hydrogen) atoms. The smallest absolute Gasteiger partial charge is 0.264 e.